The molecule has 28 heavy (non-hydrogen) atoms. The summed E-state index contributed by atoms with van der Waals surface area (Å²) in [6, 6.07) is 10.1. The van der Waals surface area contributed by atoms with Crippen LogP contribution in [-0.2, 0) is 11.0 Å². The second-order valence-corrected chi connectivity index (χ2v) is 7.45. The van der Waals surface area contributed by atoms with E-state index >= 15 is 0 Å². The number of nitrogens with one attached hydrogen (secondary N) is 1. The number of carbonyl (C=O) groups excluding carboxylic acids is 1. The second kappa shape index (κ2) is 7.59. The maximum atomic E-state index is 13.3. The third kappa shape index (κ3) is 4.14. The summed E-state index contributed by atoms with van der Waals surface area (Å²) in [7, 11) is -0.746. The number of nitrogens with zero attached hydrogens (tertiary/aromatic N) is 3. The van der Waals surface area contributed by atoms with Crippen molar-refractivity contribution in [2.45, 2.75) is 24.9 Å². The molecular weight excluding hydrogens is 389 g/mol. The van der Waals surface area contributed by atoms with Crippen LogP contribution in [0.1, 0.15) is 18.3 Å². The Morgan fingerprint density at radius 1 is 1.21 bits per heavy atom. The van der Waals surface area contributed by atoms with Crippen LogP contribution in [0, 0.1) is 6.92 Å². The molecule has 0 radical (unpaired) electrons. The number of hydrogen-bond donors (Lipinski definition) is 1. The molecule has 0 bridgehead atoms. The molecule has 1 amide bonds. The summed E-state index contributed by atoms with van der Waals surface area (Å²) in [6.07, 6.45) is -2.03. The van der Waals surface area contributed by atoms with Crippen LogP contribution in [0.3, 0.4) is 0 Å². The van der Waals surface area contributed by atoms with E-state index in [-0.39, 0.29) is 11.7 Å². The van der Waals surface area contributed by atoms with Gasteiger partial charge in [0.05, 0.1) is 0 Å². The molecule has 0 saturated heterocycles. The molecule has 5 nitrogen and oxygen atoms in total. The first-order chi connectivity index (χ1) is 13.2. The highest BCUT2D eigenvalue weighted by molar-refractivity contribution is 8.12. The molecule has 3 aromatic rings. The van der Waals surface area contributed by atoms with Crippen LogP contribution in [0.2, 0.25) is 0 Å². The monoisotopic (exact) mass is 406 g/mol. The molecule has 0 aliphatic rings. The molecule has 1 atom stereocenters. The maximum absolute atomic E-state index is 13.3. The average Bonchev–Trinajstić information content (AvgIpc) is 3.07. The molecule has 1 N–H and O–H groups in total. The Hall–Kier alpha value is -2.94. The van der Waals surface area contributed by atoms with Crippen molar-refractivity contribution in [2.75, 3.05) is 0 Å². The summed E-state index contributed by atoms with van der Waals surface area (Å²) in [5.74, 6) is 3.83. The minimum Gasteiger partial charge on any atom is -0.303 e. The molecule has 0 saturated carbocycles. The fourth-order valence-corrected chi connectivity index (χ4v) is 3.56. The lowest BCUT2D eigenvalue weighted by Crippen LogP contribution is -2.12. The number of imidazole rings is 1. The number of alkyl halides is 3. The summed E-state index contributed by atoms with van der Waals surface area (Å²) in [6.45, 7) is 3.11. The molecule has 2 heterocycles. The van der Waals surface area contributed by atoms with Crippen molar-refractivity contribution in [1.29, 1.82) is 0 Å². The van der Waals surface area contributed by atoms with Gasteiger partial charge in [-0.25, -0.2) is 4.98 Å². The largest absolute Gasteiger partial charge is 0.434 e. The van der Waals surface area contributed by atoms with Gasteiger partial charge in [-0.2, -0.15) is 13.2 Å². The fourth-order valence-electron chi connectivity index (χ4n) is 2.63. The first kappa shape index (κ1) is 19.8. The van der Waals surface area contributed by atoms with E-state index in [0.717, 1.165) is 11.1 Å². The van der Waals surface area contributed by atoms with E-state index in [2.05, 4.69) is 20.6 Å². The minimum atomic E-state index is -4.57. The average molecular weight is 406 g/mol. The normalized spacial score (nSPS) is 12.6. The molecule has 1 unspecified atom stereocenters. The van der Waals surface area contributed by atoms with Crippen LogP contribution < -0.4 is 4.72 Å². The van der Waals surface area contributed by atoms with Crippen molar-refractivity contribution < 1.29 is 18.0 Å². The summed E-state index contributed by atoms with van der Waals surface area (Å²) in [5, 5.41) is 0. The Balaban J connectivity index is 2.08. The number of carbonyl (C=O) groups is 1. The van der Waals surface area contributed by atoms with Crippen LogP contribution in [0.15, 0.2) is 53.7 Å². The van der Waals surface area contributed by atoms with E-state index in [4.69, 9.17) is 0 Å². The van der Waals surface area contributed by atoms with Gasteiger partial charge in [0.15, 0.2) is 5.69 Å². The Labute approximate surface area is 162 Å². The highest BCUT2D eigenvalue weighted by atomic mass is 32.2. The van der Waals surface area contributed by atoms with Crippen LogP contribution in [0.5, 0.6) is 0 Å². The molecule has 2 aromatic heterocycles. The minimum absolute atomic E-state index is 0.154. The number of aromatic nitrogens is 3. The van der Waals surface area contributed by atoms with Crippen molar-refractivity contribution >= 4 is 22.4 Å². The first-order valence-electron chi connectivity index (χ1n) is 8.17. The Kier molecular flexibility index (Phi) is 5.37. The molecule has 3 rings (SSSR count). The smallest absolute Gasteiger partial charge is 0.303 e. The number of hydrogen-bond acceptors (Lipinski definition) is 3. The SMILES string of the molecule is C=S(NC(C)=O)c1ccc(-n2cc(C(F)(F)F)nc2-c2cccnc2C)cc1. The van der Waals surface area contributed by atoms with Gasteiger partial charge in [0.25, 0.3) is 0 Å². The fraction of sp³-hybridized carbons (Fsp3) is 0.158. The van der Waals surface area contributed by atoms with Gasteiger partial charge in [-0.05, 0) is 43.3 Å². The first-order valence-corrected chi connectivity index (χ1v) is 9.56. The number of rotatable bonds is 4. The van der Waals surface area contributed by atoms with Gasteiger partial charge in [0.2, 0.25) is 5.91 Å². The topological polar surface area (TPSA) is 59.8 Å². The molecule has 0 spiro atoms. The van der Waals surface area contributed by atoms with Gasteiger partial charge >= 0.3 is 6.18 Å². The molecular formula is C19H17F3N4OS. The third-order valence-corrected chi connectivity index (χ3v) is 5.29. The lowest BCUT2D eigenvalue weighted by atomic mass is 10.2. The van der Waals surface area contributed by atoms with E-state index < -0.39 is 22.5 Å². The van der Waals surface area contributed by atoms with Gasteiger partial charge < -0.3 is 4.72 Å². The highest BCUT2D eigenvalue weighted by Gasteiger charge is 2.35. The Morgan fingerprint density at radius 2 is 1.89 bits per heavy atom. The molecule has 0 fully saturated rings. The standard InChI is InChI=1S/C19H17F3N4OS/c1-12-16(5-4-10-23-12)18-24-17(19(20,21)22)11-26(18)14-6-8-15(9-7-14)28(3)25-13(2)27/h4-11H,3H2,1-2H3,(H,25,27). The van der Waals surface area contributed by atoms with Crippen LogP contribution in [0.4, 0.5) is 13.2 Å². The van der Waals surface area contributed by atoms with Crippen molar-refractivity contribution in [2.24, 2.45) is 0 Å². The number of amides is 1. The summed E-state index contributed by atoms with van der Waals surface area (Å²) < 4.78 is 43.9. The van der Waals surface area contributed by atoms with E-state index in [1.807, 2.05) is 0 Å². The van der Waals surface area contributed by atoms with E-state index in [9.17, 15) is 18.0 Å². The Bertz CT molecular complexity index is 1040. The summed E-state index contributed by atoms with van der Waals surface area (Å²) in [4.78, 5) is 19.9. The number of benzene rings is 1. The highest BCUT2D eigenvalue weighted by Crippen LogP contribution is 2.33. The number of halogens is 3. The molecule has 0 aliphatic carbocycles. The van der Waals surface area contributed by atoms with Gasteiger partial charge in [0, 0.05) is 41.2 Å². The molecule has 146 valence electrons. The second-order valence-electron chi connectivity index (χ2n) is 6.00. The van der Waals surface area contributed by atoms with Gasteiger partial charge in [0.1, 0.15) is 5.82 Å². The Morgan fingerprint density at radius 3 is 2.46 bits per heavy atom. The zero-order chi connectivity index (χ0) is 20.5. The van der Waals surface area contributed by atoms with Crippen molar-refractivity contribution in [3.63, 3.8) is 0 Å². The van der Waals surface area contributed by atoms with Crippen LogP contribution in [0.25, 0.3) is 17.1 Å². The van der Waals surface area contributed by atoms with Crippen molar-refractivity contribution in [3.8, 4) is 17.1 Å². The lowest BCUT2D eigenvalue weighted by Gasteiger charge is -2.12. The molecule has 1 aromatic carbocycles. The van der Waals surface area contributed by atoms with Gasteiger partial charge in [-0.15, -0.1) is 0 Å². The van der Waals surface area contributed by atoms with Crippen molar-refractivity contribution in [3.05, 3.63) is 60.2 Å². The van der Waals surface area contributed by atoms with E-state index in [0.29, 0.717) is 16.9 Å². The molecule has 9 heteroatoms. The van der Waals surface area contributed by atoms with Crippen LogP contribution in [-0.4, -0.2) is 26.3 Å². The quantitative estimate of drug-likeness (QED) is 0.655. The van der Waals surface area contributed by atoms with E-state index in [1.165, 1.54) is 11.5 Å². The predicted octanol–water partition coefficient (Wildman–Crippen LogP) is 4.37. The third-order valence-electron chi connectivity index (χ3n) is 3.91. The zero-order valence-corrected chi connectivity index (χ0v) is 15.9. The van der Waals surface area contributed by atoms with Gasteiger partial charge in [-0.1, -0.05) is 16.5 Å². The summed E-state index contributed by atoms with van der Waals surface area (Å²) in [5.41, 5.74) is 0.608. The molecule has 0 aliphatic heterocycles. The number of pyridine rings is 1. The van der Waals surface area contributed by atoms with Crippen molar-refractivity contribution in [1.82, 2.24) is 19.3 Å². The van der Waals surface area contributed by atoms with Crippen LogP contribution >= 0.6 is 10.7 Å². The number of aryl methyl sites for hydroxylation is 1. The zero-order valence-electron chi connectivity index (χ0n) is 15.1. The predicted molar refractivity (Wildman–Crippen MR) is 103 cm³/mol. The van der Waals surface area contributed by atoms with E-state index in [1.54, 1.807) is 49.5 Å². The lowest BCUT2D eigenvalue weighted by molar-refractivity contribution is -0.140. The summed E-state index contributed by atoms with van der Waals surface area (Å²) >= 11 is 0. The van der Waals surface area contributed by atoms with Gasteiger partial charge in [-0.3, -0.25) is 14.3 Å². The maximum Gasteiger partial charge on any atom is 0.434 e.